The van der Waals surface area contributed by atoms with Crippen LogP contribution in [0.25, 0.3) is 0 Å². The molecule has 0 aromatic heterocycles. The molecule has 3 rings (SSSR count). The third-order valence-electron chi connectivity index (χ3n) is 4.29. The average Bonchev–Trinajstić information content (AvgIpc) is 3.17. The van der Waals surface area contributed by atoms with Crippen molar-refractivity contribution in [1.82, 2.24) is 0 Å². The van der Waals surface area contributed by atoms with Gasteiger partial charge in [0, 0.05) is 10.6 Å². The molecule has 24 heavy (non-hydrogen) atoms. The Kier molecular flexibility index (Phi) is 5.18. The van der Waals surface area contributed by atoms with E-state index in [1.54, 1.807) is 0 Å². The second-order valence-corrected chi connectivity index (χ2v) is 7.01. The minimum atomic E-state index is -2.48. The van der Waals surface area contributed by atoms with Crippen LogP contribution in [0.2, 0.25) is 0 Å². The van der Waals surface area contributed by atoms with Gasteiger partial charge in [0.15, 0.2) is 6.61 Å². The Bertz CT molecular complexity index is 648. The summed E-state index contributed by atoms with van der Waals surface area (Å²) in [6, 6.07) is 6.07. The molecule has 2 bridgehead atoms. The third kappa shape index (κ3) is 4.14. The van der Waals surface area contributed by atoms with Gasteiger partial charge in [-0.2, -0.15) is 8.78 Å². The van der Waals surface area contributed by atoms with Crippen molar-refractivity contribution in [3.05, 3.63) is 36.4 Å². The van der Waals surface area contributed by atoms with Crippen LogP contribution in [0.15, 0.2) is 41.3 Å². The van der Waals surface area contributed by atoms with Gasteiger partial charge >= 0.3 is 5.97 Å². The number of benzene rings is 1. The first-order valence-electron chi connectivity index (χ1n) is 7.71. The highest BCUT2D eigenvalue weighted by Crippen LogP contribution is 2.43. The Morgan fingerprint density at radius 3 is 2.54 bits per heavy atom. The third-order valence-corrected chi connectivity index (χ3v) is 5.01. The van der Waals surface area contributed by atoms with E-state index in [9.17, 15) is 18.4 Å². The molecule has 0 heterocycles. The van der Waals surface area contributed by atoms with Crippen LogP contribution in [-0.4, -0.2) is 24.2 Å². The molecule has 128 valence electrons. The van der Waals surface area contributed by atoms with Crippen LogP contribution in [-0.2, 0) is 14.3 Å². The number of hydrogen-bond donors (Lipinski definition) is 1. The van der Waals surface area contributed by atoms with Gasteiger partial charge in [0.25, 0.3) is 11.7 Å². The van der Waals surface area contributed by atoms with Gasteiger partial charge in [0.05, 0.1) is 5.92 Å². The van der Waals surface area contributed by atoms with Crippen molar-refractivity contribution in [1.29, 1.82) is 0 Å². The van der Waals surface area contributed by atoms with Crippen LogP contribution in [0.5, 0.6) is 0 Å². The summed E-state index contributed by atoms with van der Waals surface area (Å²) in [5.41, 5.74) is 0.470. The molecule has 3 atom stereocenters. The lowest BCUT2D eigenvalue weighted by molar-refractivity contribution is -0.152. The van der Waals surface area contributed by atoms with Gasteiger partial charge in [-0.15, -0.1) is 0 Å². The van der Waals surface area contributed by atoms with Crippen molar-refractivity contribution >= 4 is 29.3 Å². The first kappa shape index (κ1) is 17.0. The van der Waals surface area contributed by atoms with Crippen molar-refractivity contribution in [3.8, 4) is 0 Å². The molecular weight excluding hydrogens is 336 g/mol. The Balaban J connectivity index is 1.44. The summed E-state index contributed by atoms with van der Waals surface area (Å²) in [4.78, 5) is 24.3. The maximum absolute atomic E-state index is 12.2. The normalized spacial score (nSPS) is 24.4. The lowest BCUT2D eigenvalue weighted by Gasteiger charge is -2.16. The topological polar surface area (TPSA) is 55.4 Å². The van der Waals surface area contributed by atoms with E-state index in [1.807, 2.05) is 0 Å². The molecule has 4 nitrogen and oxygen atoms in total. The van der Waals surface area contributed by atoms with Crippen molar-refractivity contribution < 1.29 is 23.1 Å². The molecule has 1 saturated carbocycles. The standard InChI is InChI=1S/C17H17F2NO3S/c18-17(19)24-13-5-3-12(4-6-13)20-15(21)9-23-16(22)14-8-10-1-2-11(14)7-10/h1-6,10-11,14,17H,7-9H2,(H,20,21)/t10-,11-,14+/m0/s1. The monoisotopic (exact) mass is 353 g/mol. The van der Waals surface area contributed by atoms with Crippen LogP contribution >= 0.6 is 11.8 Å². The molecule has 7 heteroatoms. The molecule has 0 saturated heterocycles. The summed E-state index contributed by atoms with van der Waals surface area (Å²) in [5, 5.41) is 2.58. The molecule has 1 N–H and O–H groups in total. The first-order chi connectivity index (χ1) is 11.5. The summed E-state index contributed by atoms with van der Waals surface area (Å²) in [5.74, 6) is -2.69. The maximum Gasteiger partial charge on any atom is 0.310 e. The Morgan fingerprint density at radius 2 is 1.96 bits per heavy atom. The molecule has 0 aliphatic heterocycles. The smallest absolute Gasteiger partial charge is 0.310 e. The number of nitrogens with one attached hydrogen (secondary N) is 1. The zero-order valence-corrected chi connectivity index (χ0v) is 13.6. The number of ether oxygens (including phenoxy) is 1. The number of esters is 1. The Labute approximate surface area is 142 Å². The van der Waals surface area contributed by atoms with E-state index < -0.39 is 11.7 Å². The number of alkyl halides is 2. The Morgan fingerprint density at radius 1 is 1.21 bits per heavy atom. The van der Waals surface area contributed by atoms with Crippen LogP contribution in [0.1, 0.15) is 12.8 Å². The van der Waals surface area contributed by atoms with E-state index in [4.69, 9.17) is 4.74 Å². The van der Waals surface area contributed by atoms with Crippen molar-refractivity contribution in [2.24, 2.45) is 17.8 Å². The summed E-state index contributed by atoms with van der Waals surface area (Å²) in [7, 11) is 0. The minimum Gasteiger partial charge on any atom is -0.455 e. The van der Waals surface area contributed by atoms with Gasteiger partial charge in [0.1, 0.15) is 0 Å². The number of anilines is 1. The molecule has 0 unspecified atom stereocenters. The molecule has 1 aromatic carbocycles. The molecule has 1 amide bonds. The minimum absolute atomic E-state index is 0.140. The fraction of sp³-hybridized carbons (Fsp3) is 0.412. The average molecular weight is 353 g/mol. The van der Waals surface area contributed by atoms with Crippen molar-refractivity contribution in [2.75, 3.05) is 11.9 Å². The largest absolute Gasteiger partial charge is 0.455 e. The fourth-order valence-electron chi connectivity index (χ4n) is 3.21. The number of fused-ring (bicyclic) bond motifs is 2. The predicted octanol–water partition coefficient (Wildman–Crippen LogP) is 3.70. The number of allylic oxidation sites excluding steroid dienone is 2. The van der Waals surface area contributed by atoms with E-state index in [1.165, 1.54) is 24.3 Å². The second kappa shape index (κ2) is 7.34. The van der Waals surface area contributed by atoms with E-state index in [0.29, 0.717) is 28.3 Å². The number of carbonyl (C=O) groups is 2. The summed E-state index contributed by atoms with van der Waals surface area (Å²) in [6.45, 7) is -0.343. The number of halogens is 2. The molecule has 2 aliphatic carbocycles. The number of thioether (sulfide) groups is 1. The first-order valence-corrected chi connectivity index (χ1v) is 8.59. The van der Waals surface area contributed by atoms with Gasteiger partial charge in [-0.1, -0.05) is 23.9 Å². The van der Waals surface area contributed by atoms with Crippen LogP contribution in [0.3, 0.4) is 0 Å². The van der Waals surface area contributed by atoms with Gasteiger partial charge in [-0.3, -0.25) is 9.59 Å². The fourth-order valence-corrected chi connectivity index (χ4v) is 3.71. The van der Waals surface area contributed by atoms with E-state index >= 15 is 0 Å². The number of rotatable bonds is 6. The summed E-state index contributed by atoms with van der Waals surface area (Å²) in [6.07, 6.45) is 5.98. The van der Waals surface area contributed by atoms with E-state index in [-0.39, 0.29) is 24.4 Å². The molecule has 1 aromatic rings. The highest BCUT2D eigenvalue weighted by atomic mass is 32.2. The SMILES string of the molecule is O=C(COC(=O)[C@@H]1C[C@H]2C=C[C@H]1C2)Nc1ccc(SC(F)F)cc1. The van der Waals surface area contributed by atoms with Crippen LogP contribution in [0, 0.1) is 17.8 Å². The number of hydrogen-bond acceptors (Lipinski definition) is 4. The van der Waals surface area contributed by atoms with Gasteiger partial charge in [-0.25, -0.2) is 0 Å². The highest BCUT2D eigenvalue weighted by molar-refractivity contribution is 7.99. The van der Waals surface area contributed by atoms with E-state index in [2.05, 4.69) is 17.5 Å². The van der Waals surface area contributed by atoms with Gasteiger partial charge in [-0.05, 0) is 48.9 Å². The van der Waals surface area contributed by atoms with Crippen molar-refractivity contribution in [2.45, 2.75) is 23.5 Å². The molecule has 0 radical (unpaired) electrons. The van der Waals surface area contributed by atoms with E-state index in [0.717, 1.165) is 12.8 Å². The van der Waals surface area contributed by atoms with Crippen LogP contribution < -0.4 is 5.32 Å². The van der Waals surface area contributed by atoms with Crippen LogP contribution in [0.4, 0.5) is 14.5 Å². The second-order valence-electron chi connectivity index (χ2n) is 5.95. The highest BCUT2D eigenvalue weighted by Gasteiger charge is 2.40. The molecule has 0 spiro atoms. The summed E-state index contributed by atoms with van der Waals surface area (Å²) >= 11 is 0.439. The quantitative estimate of drug-likeness (QED) is 0.481. The number of carbonyl (C=O) groups excluding carboxylic acids is 2. The predicted molar refractivity (Wildman–Crippen MR) is 86.7 cm³/mol. The van der Waals surface area contributed by atoms with Gasteiger partial charge in [0.2, 0.25) is 0 Å². The number of amides is 1. The molecule has 2 aliphatic rings. The lowest BCUT2D eigenvalue weighted by Crippen LogP contribution is -2.26. The van der Waals surface area contributed by atoms with Crippen molar-refractivity contribution in [3.63, 3.8) is 0 Å². The molecule has 1 fully saturated rings. The Hall–Kier alpha value is -1.89. The molecular formula is C17H17F2NO3S. The maximum atomic E-state index is 12.2. The zero-order valence-electron chi connectivity index (χ0n) is 12.8. The summed E-state index contributed by atoms with van der Waals surface area (Å²) < 4.78 is 29.6. The zero-order chi connectivity index (χ0) is 17.1. The lowest BCUT2D eigenvalue weighted by atomic mass is 9.94. The van der Waals surface area contributed by atoms with Gasteiger partial charge < -0.3 is 10.1 Å².